The Morgan fingerprint density at radius 2 is 1.89 bits per heavy atom. The summed E-state index contributed by atoms with van der Waals surface area (Å²) in [5, 5.41) is 0. The lowest BCUT2D eigenvalue weighted by molar-refractivity contribution is 0.0600. The average Bonchev–Trinajstić information content (AvgIpc) is 2.71. The number of methoxy groups -OCH3 is 1. The van der Waals surface area contributed by atoms with Gasteiger partial charge in [0.15, 0.2) is 0 Å². The van der Waals surface area contributed by atoms with Gasteiger partial charge < -0.3 is 9.30 Å². The van der Waals surface area contributed by atoms with Gasteiger partial charge in [0.25, 0.3) is 0 Å². The van der Waals surface area contributed by atoms with E-state index in [-0.39, 0.29) is 11.7 Å². The van der Waals surface area contributed by atoms with Crippen molar-refractivity contribution < 1.29 is 9.53 Å². The monoisotopic (exact) mass is 246 g/mol. The highest BCUT2D eigenvalue weighted by atomic mass is 16.5. The molecule has 18 heavy (non-hydrogen) atoms. The Labute approximate surface area is 104 Å². The largest absolute Gasteiger partial charge is 0.465 e. The molecule has 1 aromatic heterocycles. The van der Waals surface area contributed by atoms with Gasteiger partial charge in [-0.1, -0.05) is 12.1 Å². The number of hydrogen-bond donors (Lipinski definition) is 0. The quantitative estimate of drug-likeness (QED) is 0.760. The third kappa shape index (κ3) is 2.34. The molecule has 5 heteroatoms. The summed E-state index contributed by atoms with van der Waals surface area (Å²) in [6.07, 6.45) is 3.45. The van der Waals surface area contributed by atoms with Gasteiger partial charge in [-0.15, -0.1) is 0 Å². The molecule has 5 nitrogen and oxygen atoms in total. The second kappa shape index (κ2) is 4.91. The van der Waals surface area contributed by atoms with Gasteiger partial charge in [0, 0.05) is 19.4 Å². The van der Waals surface area contributed by atoms with Crippen molar-refractivity contribution >= 4 is 5.97 Å². The normalized spacial score (nSPS) is 10.3. The lowest BCUT2D eigenvalue weighted by Crippen LogP contribution is -2.22. The predicted octanol–water partition coefficient (Wildman–Crippen LogP) is 1.02. The van der Waals surface area contributed by atoms with Gasteiger partial charge in [-0.05, 0) is 17.7 Å². The zero-order chi connectivity index (χ0) is 13.1. The molecule has 0 aliphatic carbocycles. The Balaban J connectivity index is 2.18. The maximum absolute atomic E-state index is 11.6. The molecule has 0 aliphatic rings. The number of esters is 1. The van der Waals surface area contributed by atoms with Gasteiger partial charge >= 0.3 is 11.7 Å². The fraction of sp³-hybridized carbons (Fsp3) is 0.231. The van der Waals surface area contributed by atoms with E-state index >= 15 is 0 Å². The van der Waals surface area contributed by atoms with E-state index in [1.165, 1.54) is 11.7 Å². The highest BCUT2D eigenvalue weighted by Gasteiger charge is 2.05. The summed E-state index contributed by atoms with van der Waals surface area (Å²) < 4.78 is 7.74. The van der Waals surface area contributed by atoms with E-state index in [2.05, 4.69) is 4.74 Å². The number of carbonyl (C=O) groups excluding carboxylic acids is 1. The van der Waals surface area contributed by atoms with Crippen molar-refractivity contribution in [1.82, 2.24) is 9.13 Å². The topological polar surface area (TPSA) is 53.2 Å². The summed E-state index contributed by atoms with van der Waals surface area (Å²) in [5.74, 6) is -0.363. The molecule has 0 saturated heterocycles. The van der Waals surface area contributed by atoms with E-state index in [0.717, 1.165) is 5.56 Å². The first-order valence-electron chi connectivity index (χ1n) is 5.51. The Hall–Kier alpha value is -2.30. The van der Waals surface area contributed by atoms with E-state index in [9.17, 15) is 9.59 Å². The summed E-state index contributed by atoms with van der Waals surface area (Å²) in [6.45, 7) is 0.487. The van der Waals surface area contributed by atoms with E-state index in [4.69, 9.17) is 0 Å². The Morgan fingerprint density at radius 1 is 1.22 bits per heavy atom. The lowest BCUT2D eigenvalue weighted by atomic mass is 10.1. The van der Waals surface area contributed by atoms with Crippen LogP contribution in [0.3, 0.4) is 0 Å². The van der Waals surface area contributed by atoms with Crippen molar-refractivity contribution in [3.05, 3.63) is 58.3 Å². The average molecular weight is 246 g/mol. The van der Waals surface area contributed by atoms with Crippen LogP contribution >= 0.6 is 0 Å². The molecule has 0 N–H and O–H groups in total. The Bertz CT molecular complexity index is 608. The Morgan fingerprint density at radius 3 is 2.39 bits per heavy atom. The van der Waals surface area contributed by atoms with Crippen LogP contribution in [0.25, 0.3) is 0 Å². The van der Waals surface area contributed by atoms with Crippen LogP contribution in [0.1, 0.15) is 15.9 Å². The molecule has 0 saturated carbocycles. The van der Waals surface area contributed by atoms with Crippen molar-refractivity contribution in [2.24, 2.45) is 7.05 Å². The van der Waals surface area contributed by atoms with Crippen molar-refractivity contribution in [3.8, 4) is 0 Å². The molecular formula is C13H14N2O3. The number of aryl methyl sites for hydroxylation is 1. The lowest BCUT2D eigenvalue weighted by Gasteiger charge is -2.03. The predicted molar refractivity (Wildman–Crippen MR) is 66.6 cm³/mol. The molecule has 1 heterocycles. The van der Waals surface area contributed by atoms with Crippen molar-refractivity contribution in [2.75, 3.05) is 7.11 Å². The molecule has 94 valence electrons. The van der Waals surface area contributed by atoms with Gasteiger partial charge in [0.1, 0.15) is 0 Å². The van der Waals surface area contributed by atoms with Gasteiger partial charge in [0.05, 0.1) is 19.2 Å². The summed E-state index contributed by atoms with van der Waals surface area (Å²) in [6, 6.07) is 7.00. The number of carbonyl (C=O) groups is 1. The fourth-order valence-electron chi connectivity index (χ4n) is 1.69. The van der Waals surface area contributed by atoms with E-state index in [0.29, 0.717) is 12.1 Å². The molecule has 0 unspecified atom stereocenters. The second-order valence-corrected chi connectivity index (χ2v) is 4.01. The fourth-order valence-corrected chi connectivity index (χ4v) is 1.69. The Kier molecular flexibility index (Phi) is 3.32. The standard InChI is InChI=1S/C13H14N2O3/c1-14-7-8-15(13(14)17)9-10-3-5-11(6-4-10)12(16)18-2/h3-8H,9H2,1-2H3. The van der Waals surface area contributed by atoms with Gasteiger partial charge in [-0.3, -0.25) is 4.57 Å². The first kappa shape index (κ1) is 12.2. The number of nitrogens with zero attached hydrogens (tertiary/aromatic N) is 2. The van der Waals surface area contributed by atoms with Crippen molar-refractivity contribution in [3.63, 3.8) is 0 Å². The molecular weight excluding hydrogens is 232 g/mol. The van der Waals surface area contributed by atoms with Crippen LogP contribution < -0.4 is 5.69 Å². The second-order valence-electron chi connectivity index (χ2n) is 4.01. The number of benzene rings is 1. The van der Waals surface area contributed by atoms with Crippen LogP contribution in [-0.2, 0) is 18.3 Å². The maximum Gasteiger partial charge on any atom is 0.337 e. The molecule has 0 radical (unpaired) electrons. The van der Waals surface area contributed by atoms with Gasteiger partial charge in [-0.2, -0.15) is 0 Å². The molecule has 0 aliphatic heterocycles. The molecule has 0 atom stereocenters. The van der Waals surface area contributed by atoms with Crippen LogP contribution in [0.4, 0.5) is 0 Å². The van der Waals surface area contributed by atoms with E-state index in [1.807, 2.05) is 12.1 Å². The van der Waals surface area contributed by atoms with Crippen molar-refractivity contribution in [2.45, 2.75) is 6.54 Å². The van der Waals surface area contributed by atoms with Crippen LogP contribution in [0, 0.1) is 0 Å². The van der Waals surface area contributed by atoms with Crippen LogP contribution in [0.5, 0.6) is 0 Å². The van der Waals surface area contributed by atoms with Crippen molar-refractivity contribution in [1.29, 1.82) is 0 Å². The number of ether oxygens (including phenoxy) is 1. The minimum atomic E-state index is -0.363. The van der Waals surface area contributed by atoms with Crippen LogP contribution in [0.2, 0.25) is 0 Å². The first-order chi connectivity index (χ1) is 8.61. The number of imidazole rings is 1. The first-order valence-corrected chi connectivity index (χ1v) is 5.51. The van der Waals surface area contributed by atoms with E-state index < -0.39 is 0 Å². The summed E-state index contributed by atoms with van der Waals surface area (Å²) in [7, 11) is 3.05. The summed E-state index contributed by atoms with van der Waals surface area (Å²) >= 11 is 0. The number of rotatable bonds is 3. The molecule has 0 fully saturated rings. The SMILES string of the molecule is COC(=O)c1ccc(Cn2ccn(C)c2=O)cc1. The molecule has 2 aromatic rings. The summed E-state index contributed by atoms with van der Waals surface area (Å²) in [5.41, 5.74) is 1.39. The third-order valence-electron chi connectivity index (χ3n) is 2.75. The molecule has 1 aromatic carbocycles. The van der Waals surface area contributed by atoms with Gasteiger partial charge in [0.2, 0.25) is 0 Å². The minimum absolute atomic E-state index is 0.0629. The molecule has 0 spiro atoms. The molecule has 0 bridgehead atoms. The molecule has 2 rings (SSSR count). The van der Waals surface area contributed by atoms with E-state index in [1.54, 1.807) is 36.1 Å². The number of hydrogen-bond acceptors (Lipinski definition) is 3. The maximum atomic E-state index is 11.6. The zero-order valence-corrected chi connectivity index (χ0v) is 10.3. The van der Waals surface area contributed by atoms with Crippen LogP contribution in [-0.4, -0.2) is 22.2 Å². The molecule has 0 amide bonds. The van der Waals surface area contributed by atoms with Crippen LogP contribution in [0.15, 0.2) is 41.5 Å². The third-order valence-corrected chi connectivity index (χ3v) is 2.75. The minimum Gasteiger partial charge on any atom is -0.465 e. The zero-order valence-electron chi connectivity index (χ0n) is 10.3. The highest BCUT2D eigenvalue weighted by Crippen LogP contribution is 2.06. The summed E-state index contributed by atoms with van der Waals surface area (Å²) in [4.78, 5) is 22.9. The smallest absolute Gasteiger partial charge is 0.337 e. The van der Waals surface area contributed by atoms with Gasteiger partial charge in [-0.25, -0.2) is 9.59 Å². The highest BCUT2D eigenvalue weighted by molar-refractivity contribution is 5.89. The number of aromatic nitrogens is 2.